The van der Waals surface area contributed by atoms with Gasteiger partial charge < -0.3 is 9.80 Å². The molecule has 1 aliphatic rings. The highest BCUT2D eigenvalue weighted by atomic mass is 19.1. The predicted octanol–water partition coefficient (Wildman–Crippen LogP) is 3.23. The van der Waals surface area contributed by atoms with Crippen LogP contribution in [0.25, 0.3) is 10.9 Å². The van der Waals surface area contributed by atoms with E-state index in [-0.39, 0.29) is 11.6 Å². The van der Waals surface area contributed by atoms with Crippen LogP contribution >= 0.6 is 0 Å². The molecule has 4 nitrogen and oxygen atoms in total. The maximum atomic E-state index is 13.6. The van der Waals surface area contributed by atoms with Crippen LogP contribution in [-0.2, 0) is 0 Å². The zero-order valence-electron chi connectivity index (χ0n) is 13.0. The summed E-state index contributed by atoms with van der Waals surface area (Å²) in [4.78, 5) is 12.9. The highest BCUT2D eigenvalue weighted by molar-refractivity contribution is 5.89. The molecule has 0 unspecified atom stereocenters. The Balaban J connectivity index is 1.56. The lowest BCUT2D eigenvalue weighted by Gasteiger charge is -2.37. The first-order valence-corrected chi connectivity index (χ1v) is 7.86. The van der Waals surface area contributed by atoms with Gasteiger partial charge in [-0.1, -0.05) is 0 Å². The number of hydrogen-bond donors (Lipinski definition) is 0. The van der Waals surface area contributed by atoms with Crippen molar-refractivity contribution in [2.24, 2.45) is 0 Å². The molecule has 0 saturated carbocycles. The van der Waals surface area contributed by atoms with Gasteiger partial charge in [-0.05, 0) is 42.5 Å². The Kier molecular flexibility index (Phi) is 3.72. The number of aromatic nitrogens is 2. The van der Waals surface area contributed by atoms with E-state index in [0.717, 1.165) is 48.6 Å². The van der Waals surface area contributed by atoms with Crippen molar-refractivity contribution in [2.45, 2.75) is 0 Å². The molecule has 0 N–H and O–H groups in total. The van der Waals surface area contributed by atoms with E-state index >= 15 is 0 Å². The SMILES string of the molecule is Fc1ccc(N2CCN(c3ncnc4ccc(F)cc34)CC2)cc1. The van der Waals surface area contributed by atoms with Crippen LogP contribution in [0.1, 0.15) is 0 Å². The molecule has 1 fully saturated rings. The summed E-state index contributed by atoms with van der Waals surface area (Å²) in [5.74, 6) is 0.244. The lowest BCUT2D eigenvalue weighted by Crippen LogP contribution is -2.46. The Morgan fingerprint density at radius 1 is 0.750 bits per heavy atom. The summed E-state index contributed by atoms with van der Waals surface area (Å²) in [6.07, 6.45) is 1.52. The smallest absolute Gasteiger partial charge is 0.140 e. The summed E-state index contributed by atoms with van der Waals surface area (Å²) in [5, 5.41) is 0.729. The highest BCUT2D eigenvalue weighted by Gasteiger charge is 2.20. The first-order chi connectivity index (χ1) is 11.7. The third kappa shape index (κ3) is 2.75. The Bertz CT molecular complexity index is 859. The van der Waals surface area contributed by atoms with Gasteiger partial charge in [0.15, 0.2) is 0 Å². The van der Waals surface area contributed by atoms with E-state index in [2.05, 4.69) is 19.8 Å². The molecule has 3 aromatic rings. The number of benzene rings is 2. The van der Waals surface area contributed by atoms with E-state index in [0.29, 0.717) is 0 Å². The van der Waals surface area contributed by atoms with Gasteiger partial charge in [-0.3, -0.25) is 0 Å². The molecule has 0 atom stereocenters. The Labute approximate surface area is 138 Å². The molecule has 0 bridgehead atoms. The summed E-state index contributed by atoms with van der Waals surface area (Å²) in [7, 11) is 0. The van der Waals surface area contributed by atoms with Crippen molar-refractivity contribution in [3.8, 4) is 0 Å². The predicted molar refractivity (Wildman–Crippen MR) is 90.3 cm³/mol. The van der Waals surface area contributed by atoms with Gasteiger partial charge in [-0.15, -0.1) is 0 Å². The first kappa shape index (κ1) is 14.8. The molecule has 2 aromatic carbocycles. The van der Waals surface area contributed by atoms with Gasteiger partial charge in [0.2, 0.25) is 0 Å². The number of nitrogens with zero attached hydrogens (tertiary/aromatic N) is 4. The highest BCUT2D eigenvalue weighted by Crippen LogP contribution is 2.26. The maximum absolute atomic E-state index is 13.6. The number of fused-ring (bicyclic) bond motifs is 1. The third-order valence-corrected chi connectivity index (χ3v) is 4.35. The summed E-state index contributed by atoms with van der Waals surface area (Å²) < 4.78 is 26.6. The zero-order valence-corrected chi connectivity index (χ0v) is 13.0. The van der Waals surface area contributed by atoms with Crippen LogP contribution in [0, 0.1) is 11.6 Å². The Morgan fingerprint density at radius 3 is 2.17 bits per heavy atom. The molecule has 0 amide bonds. The summed E-state index contributed by atoms with van der Waals surface area (Å²) in [6, 6.07) is 11.1. The molecule has 24 heavy (non-hydrogen) atoms. The van der Waals surface area contributed by atoms with E-state index in [4.69, 9.17) is 0 Å². The van der Waals surface area contributed by atoms with Gasteiger partial charge in [0.25, 0.3) is 0 Å². The van der Waals surface area contributed by atoms with E-state index in [9.17, 15) is 8.78 Å². The van der Waals surface area contributed by atoms with E-state index < -0.39 is 0 Å². The van der Waals surface area contributed by atoms with E-state index in [1.165, 1.54) is 30.6 Å². The van der Waals surface area contributed by atoms with Gasteiger partial charge in [0.1, 0.15) is 23.8 Å². The molecular formula is C18H16F2N4. The van der Waals surface area contributed by atoms with Gasteiger partial charge in [0, 0.05) is 37.3 Å². The van der Waals surface area contributed by atoms with Gasteiger partial charge >= 0.3 is 0 Å². The minimum atomic E-state index is -0.288. The number of piperazine rings is 1. The topological polar surface area (TPSA) is 32.3 Å². The number of rotatable bonds is 2. The molecule has 6 heteroatoms. The van der Waals surface area contributed by atoms with Crippen LogP contribution in [0.4, 0.5) is 20.3 Å². The Morgan fingerprint density at radius 2 is 1.42 bits per heavy atom. The summed E-state index contributed by atoms with van der Waals surface area (Å²) in [6.45, 7) is 3.12. The van der Waals surface area contributed by atoms with Gasteiger partial charge in [-0.25, -0.2) is 18.7 Å². The van der Waals surface area contributed by atoms with Crippen LogP contribution in [0.5, 0.6) is 0 Å². The molecular weight excluding hydrogens is 310 g/mol. The molecule has 0 radical (unpaired) electrons. The van der Waals surface area contributed by atoms with Crippen molar-refractivity contribution in [3.63, 3.8) is 0 Å². The molecule has 0 spiro atoms. The van der Waals surface area contributed by atoms with Crippen molar-refractivity contribution in [1.29, 1.82) is 0 Å². The fraction of sp³-hybridized carbons (Fsp3) is 0.222. The van der Waals surface area contributed by atoms with Crippen LogP contribution in [0.15, 0.2) is 48.8 Å². The van der Waals surface area contributed by atoms with Crippen molar-refractivity contribution >= 4 is 22.4 Å². The van der Waals surface area contributed by atoms with Crippen LogP contribution in [0.3, 0.4) is 0 Å². The average molecular weight is 326 g/mol. The Hall–Kier alpha value is -2.76. The minimum Gasteiger partial charge on any atom is -0.368 e. The summed E-state index contributed by atoms with van der Waals surface area (Å²) >= 11 is 0. The first-order valence-electron chi connectivity index (χ1n) is 7.86. The largest absolute Gasteiger partial charge is 0.368 e. The van der Waals surface area contributed by atoms with E-state index in [1.807, 2.05) is 0 Å². The molecule has 1 saturated heterocycles. The standard InChI is InChI=1S/C18H16F2N4/c19-13-1-4-15(5-2-13)23-7-9-24(10-8-23)18-16-11-14(20)3-6-17(16)21-12-22-18/h1-6,11-12H,7-10H2. The molecule has 0 aliphatic carbocycles. The molecule has 122 valence electrons. The number of hydrogen-bond acceptors (Lipinski definition) is 4. The minimum absolute atomic E-state index is 0.230. The second kappa shape index (κ2) is 6.03. The lowest BCUT2D eigenvalue weighted by atomic mass is 10.2. The van der Waals surface area contributed by atoms with Gasteiger partial charge in [0.05, 0.1) is 5.52 Å². The average Bonchev–Trinajstić information content (AvgIpc) is 2.62. The molecule has 1 aromatic heterocycles. The van der Waals surface area contributed by atoms with Crippen LogP contribution < -0.4 is 9.80 Å². The van der Waals surface area contributed by atoms with Crippen molar-refractivity contribution in [3.05, 3.63) is 60.4 Å². The van der Waals surface area contributed by atoms with Crippen molar-refractivity contribution in [1.82, 2.24) is 9.97 Å². The van der Waals surface area contributed by atoms with Crippen molar-refractivity contribution in [2.75, 3.05) is 36.0 Å². The summed E-state index contributed by atoms with van der Waals surface area (Å²) in [5.41, 5.74) is 1.75. The van der Waals surface area contributed by atoms with E-state index in [1.54, 1.807) is 18.2 Å². The normalized spacial score (nSPS) is 15.1. The quantitative estimate of drug-likeness (QED) is 0.724. The fourth-order valence-electron chi connectivity index (χ4n) is 3.10. The maximum Gasteiger partial charge on any atom is 0.140 e. The number of halogens is 2. The second-order valence-electron chi connectivity index (χ2n) is 5.81. The fourth-order valence-corrected chi connectivity index (χ4v) is 3.10. The third-order valence-electron chi connectivity index (χ3n) is 4.35. The zero-order chi connectivity index (χ0) is 16.5. The number of anilines is 2. The monoisotopic (exact) mass is 326 g/mol. The lowest BCUT2D eigenvalue weighted by molar-refractivity contribution is 0.623. The van der Waals surface area contributed by atoms with Gasteiger partial charge in [-0.2, -0.15) is 0 Å². The van der Waals surface area contributed by atoms with Crippen molar-refractivity contribution < 1.29 is 8.78 Å². The van der Waals surface area contributed by atoms with Crippen LogP contribution in [-0.4, -0.2) is 36.1 Å². The molecule has 1 aliphatic heterocycles. The van der Waals surface area contributed by atoms with Crippen LogP contribution in [0.2, 0.25) is 0 Å². The molecule has 2 heterocycles. The second-order valence-corrected chi connectivity index (χ2v) is 5.81. The molecule has 4 rings (SSSR count).